The van der Waals surface area contributed by atoms with Crippen molar-refractivity contribution in [2.24, 2.45) is 0 Å². The first-order valence-corrected chi connectivity index (χ1v) is 6.14. The van der Waals surface area contributed by atoms with Crippen LogP contribution in [0.3, 0.4) is 0 Å². The van der Waals surface area contributed by atoms with E-state index < -0.39 is 11.8 Å². The van der Waals surface area contributed by atoms with Gasteiger partial charge < -0.3 is 9.84 Å². The van der Waals surface area contributed by atoms with Gasteiger partial charge in [-0.3, -0.25) is 0 Å². The Morgan fingerprint density at radius 1 is 1.59 bits per heavy atom. The zero-order valence-electron chi connectivity index (χ0n) is 9.67. The summed E-state index contributed by atoms with van der Waals surface area (Å²) in [6.45, 7) is 3.87. The average molecular weight is 305 g/mol. The van der Waals surface area contributed by atoms with Gasteiger partial charge in [0.05, 0.1) is 10.6 Å². The molecule has 0 saturated heterocycles. The molecule has 0 radical (unpaired) electrons. The van der Waals surface area contributed by atoms with Gasteiger partial charge in [-0.15, -0.1) is 0 Å². The maximum atomic E-state index is 13.2. The lowest BCUT2D eigenvalue weighted by Crippen LogP contribution is -2.14. The van der Waals surface area contributed by atoms with E-state index in [0.29, 0.717) is 0 Å². The number of hydrogen-bond donors (Lipinski definition) is 1. The predicted molar refractivity (Wildman–Crippen MR) is 66.1 cm³/mol. The van der Waals surface area contributed by atoms with Crippen molar-refractivity contribution < 1.29 is 19.0 Å². The molecule has 0 aliphatic carbocycles. The van der Waals surface area contributed by atoms with Crippen molar-refractivity contribution >= 4 is 21.9 Å². The van der Waals surface area contributed by atoms with E-state index in [1.807, 2.05) is 13.8 Å². The molecule has 94 valence electrons. The second-order valence-electron chi connectivity index (χ2n) is 3.78. The fraction of sp³-hybridized carbons (Fsp3) is 0.417. The zero-order chi connectivity index (χ0) is 13.0. The average Bonchev–Trinajstić information content (AvgIpc) is 2.23. The van der Waals surface area contributed by atoms with E-state index in [-0.39, 0.29) is 21.9 Å². The van der Waals surface area contributed by atoms with Gasteiger partial charge in [-0.25, -0.2) is 9.18 Å². The fourth-order valence-electron chi connectivity index (χ4n) is 1.48. The molecule has 0 unspecified atom stereocenters. The Kier molecular flexibility index (Phi) is 4.93. The third kappa shape index (κ3) is 3.70. The van der Waals surface area contributed by atoms with Crippen LogP contribution in [0.4, 0.5) is 4.39 Å². The van der Waals surface area contributed by atoms with Crippen LogP contribution in [-0.4, -0.2) is 17.2 Å². The smallest absolute Gasteiger partial charge is 0.339 e. The predicted octanol–water partition coefficient (Wildman–Crippen LogP) is 3.85. The van der Waals surface area contributed by atoms with Crippen LogP contribution in [0.15, 0.2) is 16.6 Å². The maximum absolute atomic E-state index is 13.2. The normalized spacial score (nSPS) is 12.2. The second kappa shape index (κ2) is 6.00. The van der Waals surface area contributed by atoms with Crippen molar-refractivity contribution in [1.29, 1.82) is 0 Å². The summed E-state index contributed by atoms with van der Waals surface area (Å²) in [6.07, 6.45) is 1.65. The van der Waals surface area contributed by atoms with E-state index in [0.717, 1.165) is 18.9 Å². The summed E-state index contributed by atoms with van der Waals surface area (Å²) in [6, 6.07) is 2.31. The third-order valence-electron chi connectivity index (χ3n) is 2.28. The first kappa shape index (κ1) is 14.0. The Balaban J connectivity index is 3.04. The van der Waals surface area contributed by atoms with E-state index in [1.54, 1.807) is 0 Å². The fourth-order valence-corrected chi connectivity index (χ4v) is 1.80. The molecule has 0 saturated carbocycles. The highest BCUT2D eigenvalue weighted by atomic mass is 79.9. The number of hydrogen-bond acceptors (Lipinski definition) is 2. The summed E-state index contributed by atoms with van der Waals surface area (Å²) >= 11 is 3.01. The highest BCUT2D eigenvalue weighted by Crippen LogP contribution is 2.28. The van der Waals surface area contributed by atoms with Gasteiger partial charge in [0, 0.05) is 0 Å². The van der Waals surface area contributed by atoms with Crippen LogP contribution >= 0.6 is 15.9 Å². The Hall–Kier alpha value is -1.10. The number of carboxylic acid groups (broad SMARTS) is 1. The standard InChI is InChI=1S/C12H14BrFO3/c1-3-4-7(2)17-11-6-9(13)10(14)5-8(11)12(15)16/h5-7H,3-4H2,1-2H3,(H,15,16)/t7-/m0/s1. The highest BCUT2D eigenvalue weighted by Gasteiger charge is 2.17. The van der Waals surface area contributed by atoms with Crippen LogP contribution in [0.1, 0.15) is 37.0 Å². The summed E-state index contributed by atoms with van der Waals surface area (Å²) in [5.74, 6) is -1.63. The van der Waals surface area contributed by atoms with Gasteiger partial charge in [0.25, 0.3) is 0 Å². The number of carboxylic acids is 1. The first-order chi connectivity index (χ1) is 7.95. The number of benzene rings is 1. The molecule has 0 spiro atoms. The molecule has 17 heavy (non-hydrogen) atoms. The minimum absolute atomic E-state index is 0.101. The molecule has 1 aromatic carbocycles. The van der Waals surface area contributed by atoms with Gasteiger partial charge >= 0.3 is 5.97 Å². The molecule has 0 amide bonds. The van der Waals surface area contributed by atoms with E-state index in [1.165, 1.54) is 6.07 Å². The third-order valence-corrected chi connectivity index (χ3v) is 2.88. The van der Waals surface area contributed by atoms with E-state index in [9.17, 15) is 9.18 Å². The van der Waals surface area contributed by atoms with Crippen LogP contribution < -0.4 is 4.74 Å². The summed E-state index contributed by atoms with van der Waals surface area (Å²) in [7, 11) is 0. The number of ether oxygens (including phenoxy) is 1. The molecule has 0 aliphatic rings. The Morgan fingerprint density at radius 2 is 2.24 bits per heavy atom. The molecule has 0 fully saturated rings. The Bertz CT molecular complexity index is 420. The van der Waals surface area contributed by atoms with Crippen LogP contribution in [0.5, 0.6) is 5.75 Å². The lowest BCUT2D eigenvalue weighted by molar-refractivity contribution is 0.0688. The summed E-state index contributed by atoms with van der Waals surface area (Å²) in [5, 5.41) is 8.96. The molecule has 1 atom stereocenters. The number of carbonyl (C=O) groups is 1. The molecular formula is C12H14BrFO3. The Labute approximate surface area is 108 Å². The van der Waals surface area contributed by atoms with Crippen LogP contribution in [-0.2, 0) is 0 Å². The van der Waals surface area contributed by atoms with Crippen LogP contribution in [0.2, 0.25) is 0 Å². The maximum Gasteiger partial charge on any atom is 0.339 e. The summed E-state index contributed by atoms with van der Waals surface area (Å²) in [4.78, 5) is 11.0. The highest BCUT2D eigenvalue weighted by molar-refractivity contribution is 9.10. The van der Waals surface area contributed by atoms with Crippen molar-refractivity contribution in [2.45, 2.75) is 32.8 Å². The van der Waals surface area contributed by atoms with E-state index in [4.69, 9.17) is 9.84 Å². The van der Waals surface area contributed by atoms with Gasteiger partial charge in [0.1, 0.15) is 17.1 Å². The molecule has 1 rings (SSSR count). The lowest BCUT2D eigenvalue weighted by Gasteiger charge is -2.16. The van der Waals surface area contributed by atoms with Gasteiger partial charge in [-0.1, -0.05) is 13.3 Å². The van der Waals surface area contributed by atoms with Crippen molar-refractivity contribution in [3.63, 3.8) is 0 Å². The van der Waals surface area contributed by atoms with Gasteiger partial charge in [-0.2, -0.15) is 0 Å². The minimum Gasteiger partial charge on any atom is -0.490 e. The molecule has 5 heteroatoms. The molecule has 3 nitrogen and oxygen atoms in total. The van der Waals surface area contributed by atoms with Crippen LogP contribution in [0.25, 0.3) is 0 Å². The summed E-state index contributed by atoms with van der Waals surface area (Å²) in [5.41, 5.74) is -0.159. The van der Waals surface area contributed by atoms with Crippen molar-refractivity contribution in [3.05, 3.63) is 28.0 Å². The summed E-state index contributed by atoms with van der Waals surface area (Å²) < 4.78 is 18.9. The van der Waals surface area contributed by atoms with Crippen LogP contribution in [0, 0.1) is 5.82 Å². The Morgan fingerprint density at radius 3 is 2.76 bits per heavy atom. The topological polar surface area (TPSA) is 46.5 Å². The lowest BCUT2D eigenvalue weighted by atomic mass is 10.2. The van der Waals surface area contributed by atoms with E-state index >= 15 is 0 Å². The molecule has 0 bridgehead atoms. The molecule has 0 heterocycles. The molecular weight excluding hydrogens is 291 g/mol. The van der Waals surface area contributed by atoms with Gasteiger partial charge in [-0.05, 0) is 41.4 Å². The molecule has 1 N–H and O–H groups in total. The SMILES string of the molecule is CCC[C@H](C)Oc1cc(Br)c(F)cc1C(=O)O. The molecule has 1 aromatic rings. The number of halogens is 2. The molecule has 0 aromatic heterocycles. The van der Waals surface area contributed by atoms with E-state index in [2.05, 4.69) is 15.9 Å². The van der Waals surface area contributed by atoms with Crippen molar-refractivity contribution in [1.82, 2.24) is 0 Å². The first-order valence-electron chi connectivity index (χ1n) is 5.34. The van der Waals surface area contributed by atoms with Crippen molar-refractivity contribution in [3.8, 4) is 5.75 Å². The number of aromatic carboxylic acids is 1. The zero-order valence-corrected chi connectivity index (χ0v) is 11.3. The number of rotatable bonds is 5. The largest absolute Gasteiger partial charge is 0.490 e. The molecule has 0 aliphatic heterocycles. The van der Waals surface area contributed by atoms with Gasteiger partial charge in [0.2, 0.25) is 0 Å². The second-order valence-corrected chi connectivity index (χ2v) is 4.64. The quantitative estimate of drug-likeness (QED) is 0.898. The van der Waals surface area contributed by atoms with Crippen molar-refractivity contribution in [2.75, 3.05) is 0 Å². The minimum atomic E-state index is -1.20. The monoisotopic (exact) mass is 304 g/mol. The van der Waals surface area contributed by atoms with Gasteiger partial charge in [0.15, 0.2) is 0 Å².